The summed E-state index contributed by atoms with van der Waals surface area (Å²) in [5, 5.41) is 0. The molecule has 0 atom stereocenters. The van der Waals surface area contributed by atoms with Gasteiger partial charge in [-0.25, -0.2) is 0 Å². The van der Waals surface area contributed by atoms with Crippen LogP contribution in [-0.4, -0.2) is 18.5 Å². The molecule has 0 spiro atoms. The Morgan fingerprint density at radius 1 is 1.38 bits per heavy atom. The highest BCUT2D eigenvalue weighted by Gasteiger charge is 2.47. The topological polar surface area (TPSA) is 46.3 Å². The van der Waals surface area contributed by atoms with Crippen LogP contribution in [-0.2, 0) is 4.79 Å². The Morgan fingerprint density at radius 3 is 2.50 bits per heavy atom. The Balaban J connectivity index is 2.27. The molecule has 3 nitrogen and oxygen atoms in total. The van der Waals surface area contributed by atoms with Crippen LogP contribution in [0, 0.1) is 13.8 Å². The fraction of sp³-hybridized carbons (Fsp3) is 0.462. The Morgan fingerprint density at radius 2 is 2.00 bits per heavy atom. The molecular formula is C13H18N2O. The number of carbonyl (C=O) groups is 1. The zero-order valence-corrected chi connectivity index (χ0v) is 10.1. The van der Waals surface area contributed by atoms with Crippen molar-refractivity contribution < 1.29 is 4.79 Å². The number of rotatable bonds is 2. The SMILES string of the molecule is Cc1ccc(N(C)C(=O)C2(N)CC2)c(C)c1. The molecule has 86 valence electrons. The summed E-state index contributed by atoms with van der Waals surface area (Å²) in [6.07, 6.45) is 1.61. The minimum Gasteiger partial charge on any atom is -0.317 e. The number of nitrogens with zero attached hydrogens (tertiary/aromatic N) is 1. The fourth-order valence-corrected chi connectivity index (χ4v) is 1.97. The molecular weight excluding hydrogens is 200 g/mol. The van der Waals surface area contributed by atoms with Gasteiger partial charge in [-0.15, -0.1) is 0 Å². The van der Waals surface area contributed by atoms with Gasteiger partial charge in [0, 0.05) is 12.7 Å². The van der Waals surface area contributed by atoms with Crippen molar-refractivity contribution in [1.29, 1.82) is 0 Å². The van der Waals surface area contributed by atoms with E-state index in [0.717, 1.165) is 24.1 Å². The van der Waals surface area contributed by atoms with Crippen LogP contribution in [0.15, 0.2) is 18.2 Å². The van der Waals surface area contributed by atoms with Gasteiger partial charge in [0.2, 0.25) is 5.91 Å². The quantitative estimate of drug-likeness (QED) is 0.822. The molecule has 0 bridgehead atoms. The number of hydrogen-bond acceptors (Lipinski definition) is 2. The van der Waals surface area contributed by atoms with E-state index in [1.807, 2.05) is 26.0 Å². The minimum atomic E-state index is -0.591. The summed E-state index contributed by atoms with van der Waals surface area (Å²) < 4.78 is 0. The van der Waals surface area contributed by atoms with Crippen LogP contribution in [0.3, 0.4) is 0 Å². The standard InChI is InChI=1S/C13H18N2O/c1-9-4-5-11(10(2)8-9)15(3)12(16)13(14)6-7-13/h4-5,8H,6-7,14H2,1-3H3. The molecule has 0 unspecified atom stereocenters. The second kappa shape index (κ2) is 3.59. The summed E-state index contributed by atoms with van der Waals surface area (Å²) in [5.41, 5.74) is 8.59. The van der Waals surface area contributed by atoms with Crippen LogP contribution in [0.25, 0.3) is 0 Å². The van der Waals surface area contributed by atoms with E-state index in [4.69, 9.17) is 5.73 Å². The van der Waals surface area contributed by atoms with Gasteiger partial charge in [0.25, 0.3) is 0 Å². The molecule has 0 heterocycles. The van der Waals surface area contributed by atoms with Crippen molar-refractivity contribution in [2.75, 3.05) is 11.9 Å². The van der Waals surface area contributed by atoms with Crippen LogP contribution in [0.5, 0.6) is 0 Å². The van der Waals surface area contributed by atoms with Gasteiger partial charge in [-0.1, -0.05) is 17.7 Å². The maximum atomic E-state index is 12.1. The van der Waals surface area contributed by atoms with Crippen LogP contribution in [0.4, 0.5) is 5.69 Å². The van der Waals surface area contributed by atoms with Gasteiger partial charge in [0.15, 0.2) is 0 Å². The second-order valence-corrected chi connectivity index (χ2v) is 4.81. The number of carbonyl (C=O) groups excluding carboxylic acids is 1. The van der Waals surface area contributed by atoms with Gasteiger partial charge in [-0.3, -0.25) is 4.79 Å². The van der Waals surface area contributed by atoms with Crippen molar-refractivity contribution in [3.05, 3.63) is 29.3 Å². The Kier molecular flexibility index (Phi) is 2.50. The first kappa shape index (κ1) is 11.1. The maximum absolute atomic E-state index is 12.1. The number of benzene rings is 1. The van der Waals surface area contributed by atoms with Crippen molar-refractivity contribution in [1.82, 2.24) is 0 Å². The average molecular weight is 218 g/mol. The number of nitrogens with two attached hydrogens (primary N) is 1. The van der Waals surface area contributed by atoms with E-state index >= 15 is 0 Å². The van der Waals surface area contributed by atoms with E-state index in [-0.39, 0.29) is 5.91 Å². The normalized spacial score (nSPS) is 17.0. The number of amides is 1. The molecule has 1 aromatic carbocycles. The number of hydrogen-bond donors (Lipinski definition) is 1. The Labute approximate surface area is 96.2 Å². The van der Waals surface area contributed by atoms with E-state index in [1.165, 1.54) is 5.56 Å². The van der Waals surface area contributed by atoms with Gasteiger partial charge in [0.1, 0.15) is 0 Å². The van der Waals surface area contributed by atoms with Gasteiger partial charge < -0.3 is 10.6 Å². The van der Waals surface area contributed by atoms with Crippen LogP contribution in [0.2, 0.25) is 0 Å². The van der Waals surface area contributed by atoms with Crippen molar-refractivity contribution in [3.8, 4) is 0 Å². The van der Waals surface area contributed by atoms with E-state index < -0.39 is 5.54 Å². The number of aryl methyl sites for hydroxylation is 2. The lowest BCUT2D eigenvalue weighted by Crippen LogP contribution is -2.44. The molecule has 2 N–H and O–H groups in total. The third-order valence-electron chi connectivity index (χ3n) is 3.23. The van der Waals surface area contributed by atoms with Gasteiger partial charge in [-0.05, 0) is 38.3 Å². The summed E-state index contributed by atoms with van der Waals surface area (Å²) in [6, 6.07) is 6.08. The molecule has 1 aliphatic carbocycles. The van der Waals surface area contributed by atoms with Crippen LogP contribution < -0.4 is 10.6 Å². The predicted octanol–water partition coefficient (Wildman–Crippen LogP) is 1.76. The lowest BCUT2D eigenvalue weighted by atomic mass is 10.1. The second-order valence-electron chi connectivity index (χ2n) is 4.81. The summed E-state index contributed by atoms with van der Waals surface area (Å²) in [4.78, 5) is 13.7. The molecule has 1 saturated carbocycles. The van der Waals surface area contributed by atoms with Crippen LogP contribution >= 0.6 is 0 Å². The highest BCUT2D eigenvalue weighted by Crippen LogP contribution is 2.35. The highest BCUT2D eigenvalue weighted by molar-refractivity contribution is 6.02. The lowest BCUT2D eigenvalue weighted by Gasteiger charge is -2.23. The predicted molar refractivity (Wildman–Crippen MR) is 65.5 cm³/mol. The first-order valence-electron chi connectivity index (χ1n) is 5.58. The molecule has 3 heteroatoms. The minimum absolute atomic E-state index is 0.0273. The van der Waals surface area contributed by atoms with E-state index in [2.05, 4.69) is 6.07 Å². The Hall–Kier alpha value is -1.35. The monoisotopic (exact) mass is 218 g/mol. The fourth-order valence-electron chi connectivity index (χ4n) is 1.97. The molecule has 0 aromatic heterocycles. The highest BCUT2D eigenvalue weighted by atomic mass is 16.2. The number of likely N-dealkylation sites (N-methyl/N-ethyl adjacent to an activating group) is 1. The molecule has 0 saturated heterocycles. The van der Waals surface area contributed by atoms with Crippen molar-refractivity contribution in [2.24, 2.45) is 5.73 Å². The van der Waals surface area contributed by atoms with E-state index in [0.29, 0.717) is 0 Å². The average Bonchev–Trinajstić information content (AvgIpc) is 2.96. The lowest BCUT2D eigenvalue weighted by molar-refractivity contribution is -0.120. The third kappa shape index (κ3) is 1.83. The summed E-state index contributed by atoms with van der Waals surface area (Å²) in [6.45, 7) is 4.06. The first-order valence-corrected chi connectivity index (χ1v) is 5.58. The third-order valence-corrected chi connectivity index (χ3v) is 3.23. The first-order chi connectivity index (χ1) is 7.44. The van der Waals surface area contributed by atoms with Gasteiger partial charge >= 0.3 is 0 Å². The molecule has 1 amide bonds. The van der Waals surface area contributed by atoms with Crippen molar-refractivity contribution in [2.45, 2.75) is 32.2 Å². The Bertz CT molecular complexity index is 436. The summed E-state index contributed by atoms with van der Waals surface area (Å²) in [7, 11) is 1.80. The van der Waals surface area contributed by atoms with Crippen molar-refractivity contribution >= 4 is 11.6 Å². The smallest absolute Gasteiger partial charge is 0.246 e. The van der Waals surface area contributed by atoms with Crippen LogP contribution in [0.1, 0.15) is 24.0 Å². The van der Waals surface area contributed by atoms with E-state index in [9.17, 15) is 4.79 Å². The zero-order valence-electron chi connectivity index (χ0n) is 10.1. The molecule has 1 aromatic rings. The number of anilines is 1. The van der Waals surface area contributed by atoms with Gasteiger partial charge in [-0.2, -0.15) is 0 Å². The summed E-state index contributed by atoms with van der Waals surface area (Å²) >= 11 is 0. The molecule has 1 aliphatic rings. The molecule has 0 radical (unpaired) electrons. The van der Waals surface area contributed by atoms with Gasteiger partial charge in [0.05, 0.1) is 5.54 Å². The molecule has 16 heavy (non-hydrogen) atoms. The summed E-state index contributed by atoms with van der Waals surface area (Å²) in [5.74, 6) is 0.0273. The molecule has 0 aliphatic heterocycles. The molecule has 1 fully saturated rings. The van der Waals surface area contributed by atoms with Crippen molar-refractivity contribution in [3.63, 3.8) is 0 Å². The molecule has 2 rings (SSSR count). The zero-order chi connectivity index (χ0) is 11.9. The maximum Gasteiger partial charge on any atom is 0.246 e. The van der Waals surface area contributed by atoms with E-state index in [1.54, 1.807) is 11.9 Å². The largest absolute Gasteiger partial charge is 0.317 e.